The fourth-order valence-electron chi connectivity index (χ4n) is 2.98. The second kappa shape index (κ2) is 8.33. The number of aryl methyl sites for hydroxylation is 2. The minimum atomic E-state index is -0.417. The van der Waals surface area contributed by atoms with E-state index in [-0.39, 0.29) is 11.3 Å². The molecule has 0 saturated heterocycles. The van der Waals surface area contributed by atoms with Crippen molar-refractivity contribution in [2.75, 3.05) is 5.75 Å². The van der Waals surface area contributed by atoms with Crippen LogP contribution < -0.4 is 10.3 Å². The van der Waals surface area contributed by atoms with E-state index in [1.165, 1.54) is 10.6 Å². The van der Waals surface area contributed by atoms with E-state index in [4.69, 9.17) is 16.3 Å². The van der Waals surface area contributed by atoms with Gasteiger partial charge >= 0.3 is 5.97 Å². The molecule has 2 heterocycles. The summed E-state index contributed by atoms with van der Waals surface area (Å²) in [4.78, 5) is 33.1. The number of hydrogen-bond donors (Lipinski definition) is 1. The summed E-state index contributed by atoms with van der Waals surface area (Å²) in [5.41, 5.74) is 2.87. The topological polar surface area (TPSA) is 89.3 Å². The number of hydrogen-bond acceptors (Lipinski definition) is 6. The summed E-state index contributed by atoms with van der Waals surface area (Å²) in [5.74, 6) is 0.525. The van der Waals surface area contributed by atoms with E-state index in [1.54, 1.807) is 36.4 Å². The van der Waals surface area contributed by atoms with Crippen LogP contribution in [0.4, 0.5) is 0 Å². The van der Waals surface area contributed by atoms with Gasteiger partial charge in [0.2, 0.25) is 0 Å². The maximum Gasteiger partial charge on any atom is 0.321 e. The molecule has 0 aliphatic heterocycles. The SMILES string of the molecule is Cc1cc(C)cc(OC(=O)CSc2nc(-c3ccc(Cl)cc3)nc3cc(=O)[nH]n23)c1. The summed E-state index contributed by atoms with van der Waals surface area (Å²) in [6.45, 7) is 3.88. The zero-order valence-corrected chi connectivity index (χ0v) is 17.8. The molecule has 4 rings (SSSR count). The average molecular weight is 441 g/mol. The molecule has 152 valence electrons. The van der Waals surface area contributed by atoms with Crippen LogP contribution in [0, 0.1) is 13.8 Å². The van der Waals surface area contributed by atoms with Gasteiger partial charge in [-0.3, -0.25) is 14.7 Å². The van der Waals surface area contributed by atoms with Crippen molar-refractivity contribution in [1.29, 1.82) is 0 Å². The standard InChI is InChI=1S/C21H17ClN4O3S/c1-12-7-13(2)9-16(8-12)29-19(28)11-30-21-24-20(14-3-5-15(22)6-4-14)23-17-10-18(27)25-26(17)21/h3-10H,11H2,1-2H3,(H,25,27). The van der Waals surface area contributed by atoms with E-state index in [0.29, 0.717) is 27.4 Å². The molecule has 30 heavy (non-hydrogen) atoms. The van der Waals surface area contributed by atoms with Crippen LogP contribution >= 0.6 is 23.4 Å². The van der Waals surface area contributed by atoms with Crippen molar-refractivity contribution in [3.05, 3.63) is 75.0 Å². The molecule has 0 aliphatic carbocycles. The molecule has 0 saturated carbocycles. The molecule has 2 aromatic carbocycles. The van der Waals surface area contributed by atoms with Crippen LogP contribution in [0.3, 0.4) is 0 Å². The van der Waals surface area contributed by atoms with Gasteiger partial charge in [0.15, 0.2) is 16.6 Å². The number of carbonyl (C=O) groups excluding carboxylic acids is 1. The number of thioether (sulfide) groups is 1. The summed E-state index contributed by atoms with van der Waals surface area (Å²) in [6.07, 6.45) is 0. The van der Waals surface area contributed by atoms with Gasteiger partial charge in [0, 0.05) is 16.7 Å². The van der Waals surface area contributed by atoms with Gasteiger partial charge in [-0.25, -0.2) is 14.5 Å². The molecule has 1 N–H and O–H groups in total. The molecule has 0 radical (unpaired) electrons. The van der Waals surface area contributed by atoms with Crippen molar-refractivity contribution < 1.29 is 9.53 Å². The highest BCUT2D eigenvalue weighted by Crippen LogP contribution is 2.23. The molecule has 0 bridgehead atoms. The number of aromatic nitrogens is 4. The third kappa shape index (κ3) is 4.55. The first kappa shape index (κ1) is 20.2. The lowest BCUT2D eigenvalue weighted by molar-refractivity contribution is -0.131. The van der Waals surface area contributed by atoms with Crippen LogP contribution in [0.1, 0.15) is 11.1 Å². The van der Waals surface area contributed by atoms with Gasteiger partial charge in [0.25, 0.3) is 5.56 Å². The van der Waals surface area contributed by atoms with Crippen molar-refractivity contribution >= 4 is 35.0 Å². The molecule has 0 aliphatic rings. The lowest BCUT2D eigenvalue weighted by Gasteiger charge is -2.08. The molecule has 0 atom stereocenters. The smallest absolute Gasteiger partial charge is 0.321 e. The number of halogens is 1. The Balaban J connectivity index is 1.59. The van der Waals surface area contributed by atoms with Crippen LogP contribution in [0.2, 0.25) is 5.02 Å². The maximum atomic E-state index is 12.4. The van der Waals surface area contributed by atoms with Gasteiger partial charge in [0.1, 0.15) is 5.75 Å². The first-order chi connectivity index (χ1) is 14.4. The molecular formula is C21H17ClN4O3S. The van der Waals surface area contributed by atoms with Crippen LogP contribution in [0.25, 0.3) is 17.0 Å². The van der Waals surface area contributed by atoms with Crippen molar-refractivity contribution in [2.24, 2.45) is 0 Å². The second-order valence-electron chi connectivity index (χ2n) is 6.74. The van der Waals surface area contributed by atoms with Crippen molar-refractivity contribution in [1.82, 2.24) is 19.6 Å². The fraction of sp³-hybridized carbons (Fsp3) is 0.143. The van der Waals surface area contributed by atoms with E-state index < -0.39 is 5.97 Å². The molecule has 0 unspecified atom stereocenters. The molecule has 9 heteroatoms. The average Bonchev–Trinajstić information content (AvgIpc) is 3.06. The Morgan fingerprint density at radius 1 is 1.10 bits per heavy atom. The van der Waals surface area contributed by atoms with Crippen molar-refractivity contribution in [3.63, 3.8) is 0 Å². The number of carbonyl (C=O) groups is 1. The largest absolute Gasteiger partial charge is 0.426 e. The first-order valence-corrected chi connectivity index (χ1v) is 10.4. The number of ether oxygens (including phenoxy) is 1. The Labute approximate surface area is 181 Å². The Kier molecular flexibility index (Phi) is 5.61. The molecule has 0 fully saturated rings. The van der Waals surface area contributed by atoms with Gasteiger partial charge in [-0.15, -0.1) is 0 Å². The van der Waals surface area contributed by atoms with E-state index in [1.807, 2.05) is 19.9 Å². The van der Waals surface area contributed by atoms with E-state index in [2.05, 4.69) is 15.1 Å². The Morgan fingerprint density at radius 2 is 1.80 bits per heavy atom. The van der Waals surface area contributed by atoms with Gasteiger partial charge in [0.05, 0.1) is 5.75 Å². The van der Waals surface area contributed by atoms with E-state index >= 15 is 0 Å². The number of esters is 1. The van der Waals surface area contributed by atoms with Crippen LogP contribution in [0.15, 0.2) is 58.5 Å². The molecule has 0 spiro atoms. The zero-order valence-electron chi connectivity index (χ0n) is 16.2. The predicted octanol–water partition coefficient (Wildman–Crippen LogP) is 4.05. The molecule has 4 aromatic rings. The lowest BCUT2D eigenvalue weighted by atomic mass is 10.1. The molecular weight excluding hydrogens is 424 g/mol. The monoisotopic (exact) mass is 440 g/mol. The number of H-pyrrole nitrogens is 1. The highest BCUT2D eigenvalue weighted by Gasteiger charge is 2.14. The second-order valence-corrected chi connectivity index (χ2v) is 8.12. The minimum Gasteiger partial charge on any atom is -0.426 e. The molecule has 7 nitrogen and oxygen atoms in total. The van der Waals surface area contributed by atoms with Gasteiger partial charge in [-0.1, -0.05) is 29.4 Å². The quantitative estimate of drug-likeness (QED) is 0.286. The van der Waals surface area contributed by atoms with E-state index in [9.17, 15) is 9.59 Å². The predicted molar refractivity (Wildman–Crippen MR) is 116 cm³/mol. The molecule has 2 aromatic heterocycles. The zero-order chi connectivity index (χ0) is 21.3. The van der Waals surface area contributed by atoms with Crippen molar-refractivity contribution in [2.45, 2.75) is 19.0 Å². The number of rotatable bonds is 5. The lowest BCUT2D eigenvalue weighted by Crippen LogP contribution is -2.12. The van der Waals surface area contributed by atoms with Crippen LogP contribution in [-0.2, 0) is 4.79 Å². The number of fused-ring (bicyclic) bond motifs is 1. The third-order valence-corrected chi connectivity index (χ3v) is 5.34. The normalized spacial score (nSPS) is 11.0. The Hall–Kier alpha value is -3.10. The van der Waals surface area contributed by atoms with Crippen LogP contribution in [0.5, 0.6) is 5.75 Å². The first-order valence-electron chi connectivity index (χ1n) is 9.05. The number of aromatic amines is 1. The van der Waals surface area contributed by atoms with Crippen molar-refractivity contribution in [3.8, 4) is 17.1 Å². The van der Waals surface area contributed by atoms with Gasteiger partial charge in [-0.05, 0) is 61.4 Å². The highest BCUT2D eigenvalue weighted by atomic mass is 35.5. The number of benzene rings is 2. The fourth-order valence-corrected chi connectivity index (χ4v) is 3.84. The number of nitrogens with one attached hydrogen (secondary N) is 1. The number of nitrogens with zero attached hydrogens (tertiary/aromatic N) is 3. The molecule has 0 amide bonds. The summed E-state index contributed by atoms with van der Waals surface area (Å²) >= 11 is 7.10. The van der Waals surface area contributed by atoms with Crippen LogP contribution in [-0.4, -0.2) is 31.3 Å². The van der Waals surface area contributed by atoms with Gasteiger partial charge < -0.3 is 4.74 Å². The summed E-state index contributed by atoms with van der Waals surface area (Å²) in [5, 5.41) is 3.66. The maximum absolute atomic E-state index is 12.4. The van der Waals surface area contributed by atoms with Gasteiger partial charge in [-0.2, -0.15) is 0 Å². The Bertz CT molecular complexity index is 1280. The summed E-state index contributed by atoms with van der Waals surface area (Å²) < 4.78 is 6.90. The third-order valence-electron chi connectivity index (χ3n) is 4.17. The Morgan fingerprint density at radius 3 is 2.50 bits per heavy atom. The minimum absolute atomic E-state index is 0.0133. The van der Waals surface area contributed by atoms with E-state index in [0.717, 1.165) is 28.5 Å². The summed E-state index contributed by atoms with van der Waals surface area (Å²) in [7, 11) is 0. The highest BCUT2D eigenvalue weighted by molar-refractivity contribution is 7.99. The summed E-state index contributed by atoms with van der Waals surface area (Å²) in [6, 6.07) is 14.1.